The van der Waals surface area contributed by atoms with Crippen molar-refractivity contribution < 1.29 is 28.6 Å². The Morgan fingerprint density at radius 2 is 0.462 bits per heavy atom. The molecule has 0 aromatic heterocycles. The number of allylic oxidation sites excluding steroid dienone is 8. The third-order valence-corrected chi connectivity index (χ3v) is 15.6. The van der Waals surface area contributed by atoms with E-state index < -0.39 is 6.10 Å². The molecule has 0 heterocycles. The van der Waals surface area contributed by atoms with Crippen LogP contribution >= 0.6 is 0 Å². The van der Waals surface area contributed by atoms with Crippen LogP contribution in [0, 0.1) is 0 Å². The Hall–Kier alpha value is -2.63. The van der Waals surface area contributed by atoms with Gasteiger partial charge in [-0.25, -0.2) is 0 Å². The van der Waals surface area contributed by atoms with Crippen LogP contribution in [0.2, 0.25) is 0 Å². The highest BCUT2D eigenvalue weighted by Crippen LogP contribution is 2.18. The first-order chi connectivity index (χ1) is 38.5. The minimum Gasteiger partial charge on any atom is -0.462 e. The van der Waals surface area contributed by atoms with Gasteiger partial charge in [-0.2, -0.15) is 0 Å². The van der Waals surface area contributed by atoms with E-state index in [0.717, 1.165) is 77.0 Å². The molecule has 0 aliphatic carbocycles. The Bertz CT molecular complexity index is 1350. The maximum absolute atomic E-state index is 12.9. The van der Waals surface area contributed by atoms with Crippen LogP contribution in [0.3, 0.4) is 0 Å². The second-order valence-electron chi connectivity index (χ2n) is 23.4. The third kappa shape index (κ3) is 64.2. The summed E-state index contributed by atoms with van der Waals surface area (Å²) in [5.74, 6) is -0.856. The van der Waals surface area contributed by atoms with Crippen LogP contribution in [0.25, 0.3) is 0 Å². The molecule has 0 rings (SSSR count). The molecular weight excluding hydrogens is 961 g/mol. The predicted molar refractivity (Wildman–Crippen MR) is 339 cm³/mol. The second kappa shape index (κ2) is 66.9. The van der Waals surface area contributed by atoms with Gasteiger partial charge in [-0.3, -0.25) is 14.4 Å². The maximum Gasteiger partial charge on any atom is 0.306 e. The molecule has 0 aromatic carbocycles. The van der Waals surface area contributed by atoms with E-state index in [9.17, 15) is 14.4 Å². The van der Waals surface area contributed by atoms with Crippen molar-refractivity contribution in [2.75, 3.05) is 13.2 Å². The molecule has 1 atom stereocenters. The third-order valence-electron chi connectivity index (χ3n) is 15.6. The fraction of sp³-hybridized carbons (Fsp3) is 0.847. The zero-order chi connectivity index (χ0) is 56.4. The molecule has 1 unspecified atom stereocenters. The fourth-order valence-corrected chi connectivity index (χ4v) is 10.3. The van der Waals surface area contributed by atoms with Crippen LogP contribution < -0.4 is 0 Å². The second-order valence-corrected chi connectivity index (χ2v) is 23.4. The number of carbonyl (C=O) groups excluding carboxylic acids is 3. The number of ether oxygens (including phenoxy) is 3. The Morgan fingerprint density at radius 3 is 0.731 bits per heavy atom. The van der Waals surface area contributed by atoms with E-state index in [4.69, 9.17) is 14.2 Å². The number of esters is 3. The fourth-order valence-electron chi connectivity index (χ4n) is 10.3. The first-order valence-corrected chi connectivity index (χ1v) is 34.6. The Labute approximate surface area is 486 Å². The lowest BCUT2D eigenvalue weighted by Gasteiger charge is -2.18. The zero-order valence-corrected chi connectivity index (χ0v) is 52.5. The largest absolute Gasteiger partial charge is 0.462 e. The van der Waals surface area contributed by atoms with Gasteiger partial charge in [0.2, 0.25) is 0 Å². The maximum atomic E-state index is 12.9. The van der Waals surface area contributed by atoms with Gasteiger partial charge in [-0.1, -0.05) is 320 Å². The molecule has 0 aliphatic rings. The van der Waals surface area contributed by atoms with Gasteiger partial charge in [0, 0.05) is 19.3 Å². The lowest BCUT2D eigenvalue weighted by atomic mass is 10.0. The number of unbranched alkanes of at least 4 members (excludes halogenated alkanes) is 45. The van der Waals surface area contributed by atoms with Gasteiger partial charge < -0.3 is 14.2 Å². The first-order valence-electron chi connectivity index (χ1n) is 34.6. The van der Waals surface area contributed by atoms with Gasteiger partial charge >= 0.3 is 17.9 Å². The van der Waals surface area contributed by atoms with Crippen LogP contribution in [0.4, 0.5) is 0 Å². The van der Waals surface area contributed by atoms with E-state index >= 15 is 0 Å². The zero-order valence-electron chi connectivity index (χ0n) is 52.5. The number of rotatable bonds is 64. The van der Waals surface area contributed by atoms with Gasteiger partial charge in [0.05, 0.1) is 0 Å². The summed E-state index contributed by atoms with van der Waals surface area (Å²) in [6.45, 7) is 6.67. The molecule has 0 saturated heterocycles. The molecule has 0 fully saturated rings. The van der Waals surface area contributed by atoms with Crippen molar-refractivity contribution in [1.82, 2.24) is 0 Å². The lowest BCUT2D eigenvalue weighted by Crippen LogP contribution is -2.30. The molecule has 0 aliphatic heterocycles. The van der Waals surface area contributed by atoms with Crippen LogP contribution in [0.5, 0.6) is 0 Å². The molecular formula is C72H132O6. The summed E-state index contributed by atoms with van der Waals surface area (Å²) in [4.78, 5) is 38.3. The van der Waals surface area contributed by atoms with E-state index in [1.165, 1.54) is 257 Å². The first kappa shape index (κ1) is 75.4. The lowest BCUT2D eigenvalue weighted by molar-refractivity contribution is -0.167. The van der Waals surface area contributed by atoms with Crippen molar-refractivity contribution in [3.05, 3.63) is 48.6 Å². The van der Waals surface area contributed by atoms with E-state index in [-0.39, 0.29) is 31.1 Å². The molecule has 78 heavy (non-hydrogen) atoms. The van der Waals surface area contributed by atoms with E-state index in [0.29, 0.717) is 19.3 Å². The van der Waals surface area contributed by atoms with Crippen molar-refractivity contribution in [2.24, 2.45) is 0 Å². The normalized spacial score (nSPS) is 12.3. The van der Waals surface area contributed by atoms with Gasteiger partial charge in [-0.15, -0.1) is 0 Å². The SMILES string of the molecule is CCCCCCC/C=C\C/C=C\C/C=C\CCCCCCCCCCCCCCCCCCCCC(=O)OCC(COC(=O)CCCCCCCCCCCCCC)OC(=O)CCCCCCC/C=C\CCCCCCCC. The summed E-state index contributed by atoms with van der Waals surface area (Å²) in [5.41, 5.74) is 0. The number of hydrogen-bond acceptors (Lipinski definition) is 6. The summed E-state index contributed by atoms with van der Waals surface area (Å²) in [6, 6.07) is 0. The minimum absolute atomic E-state index is 0.0708. The summed E-state index contributed by atoms with van der Waals surface area (Å²) >= 11 is 0. The highest BCUT2D eigenvalue weighted by atomic mass is 16.6. The molecule has 6 heteroatoms. The van der Waals surface area contributed by atoms with Gasteiger partial charge in [0.25, 0.3) is 0 Å². The highest BCUT2D eigenvalue weighted by Gasteiger charge is 2.19. The Balaban J connectivity index is 4.10. The van der Waals surface area contributed by atoms with E-state index in [2.05, 4.69) is 69.4 Å². The molecule has 0 saturated carbocycles. The standard InChI is InChI=1S/C72H132O6/c1-4-7-10-13-16-19-22-25-27-28-29-30-31-32-33-34-35-36-37-38-39-40-41-42-43-44-46-47-50-53-56-59-62-65-71(74)77-68-69(67-76-70(73)64-61-58-55-52-49-24-21-18-15-12-9-6-3)78-72(75)66-63-60-57-54-51-48-45-26-23-20-17-14-11-8-5-2/h22,25-26,28-29,31-32,45,69H,4-21,23-24,27,30,33-44,46-68H2,1-3H3/b25-22-,29-28-,32-31-,45-26-. The topological polar surface area (TPSA) is 78.9 Å². The summed E-state index contributed by atoms with van der Waals surface area (Å²) < 4.78 is 16.9. The van der Waals surface area contributed by atoms with Gasteiger partial charge in [-0.05, 0) is 83.5 Å². The average molecular weight is 1090 g/mol. The Morgan fingerprint density at radius 1 is 0.256 bits per heavy atom. The quantitative estimate of drug-likeness (QED) is 0.0261. The molecule has 0 bridgehead atoms. The van der Waals surface area contributed by atoms with Crippen molar-refractivity contribution in [3.63, 3.8) is 0 Å². The smallest absolute Gasteiger partial charge is 0.306 e. The van der Waals surface area contributed by atoms with Crippen molar-refractivity contribution >= 4 is 17.9 Å². The minimum atomic E-state index is -0.774. The van der Waals surface area contributed by atoms with Crippen LogP contribution in [0.1, 0.15) is 374 Å². The van der Waals surface area contributed by atoms with E-state index in [1.54, 1.807) is 0 Å². The van der Waals surface area contributed by atoms with Crippen LogP contribution in [-0.2, 0) is 28.6 Å². The molecule has 0 N–H and O–H groups in total. The highest BCUT2D eigenvalue weighted by molar-refractivity contribution is 5.71. The number of hydrogen-bond donors (Lipinski definition) is 0. The summed E-state index contributed by atoms with van der Waals surface area (Å²) in [7, 11) is 0. The molecule has 6 nitrogen and oxygen atoms in total. The number of carbonyl (C=O) groups is 3. The summed E-state index contributed by atoms with van der Waals surface area (Å²) in [5, 5.41) is 0. The molecule has 0 radical (unpaired) electrons. The van der Waals surface area contributed by atoms with Gasteiger partial charge in [0.15, 0.2) is 6.10 Å². The van der Waals surface area contributed by atoms with Crippen LogP contribution in [0.15, 0.2) is 48.6 Å². The average Bonchev–Trinajstić information content (AvgIpc) is 3.44. The van der Waals surface area contributed by atoms with E-state index in [1.807, 2.05) is 0 Å². The molecule has 0 spiro atoms. The summed E-state index contributed by atoms with van der Waals surface area (Å²) in [6.07, 6.45) is 84.3. The monoisotopic (exact) mass is 1090 g/mol. The van der Waals surface area contributed by atoms with Gasteiger partial charge in [0.1, 0.15) is 13.2 Å². The molecule has 0 aromatic rings. The Kier molecular flexibility index (Phi) is 64.6. The van der Waals surface area contributed by atoms with Crippen molar-refractivity contribution in [3.8, 4) is 0 Å². The van der Waals surface area contributed by atoms with Crippen molar-refractivity contribution in [2.45, 2.75) is 380 Å². The molecule has 0 amide bonds. The predicted octanol–water partition coefficient (Wildman–Crippen LogP) is 23.7. The van der Waals surface area contributed by atoms with Crippen molar-refractivity contribution in [1.29, 1.82) is 0 Å². The molecule has 456 valence electrons. The van der Waals surface area contributed by atoms with Crippen LogP contribution in [-0.4, -0.2) is 37.2 Å².